The zero-order valence-electron chi connectivity index (χ0n) is 14.8. The molecule has 26 heavy (non-hydrogen) atoms. The molecular formula is C19H22N2O5. The summed E-state index contributed by atoms with van der Waals surface area (Å²) in [6.07, 6.45) is 1.09. The minimum Gasteiger partial charge on any atom is -0.484 e. The molecule has 0 aliphatic carbocycles. The molecule has 0 radical (unpaired) electrons. The first-order valence-electron chi connectivity index (χ1n) is 8.45. The van der Waals surface area contributed by atoms with Crippen LogP contribution < -0.4 is 15.4 Å². The molecular weight excluding hydrogens is 336 g/mol. The number of carbonyl (C=O) groups excluding carboxylic acids is 2. The van der Waals surface area contributed by atoms with Crippen molar-refractivity contribution in [1.29, 1.82) is 0 Å². The summed E-state index contributed by atoms with van der Waals surface area (Å²) in [5.74, 6) is 1.30. The van der Waals surface area contributed by atoms with Crippen molar-refractivity contribution in [1.82, 2.24) is 5.32 Å². The number of carbonyl (C=O) groups is 2. The van der Waals surface area contributed by atoms with E-state index in [1.54, 1.807) is 38.1 Å². The zero-order chi connectivity index (χ0) is 18.7. The van der Waals surface area contributed by atoms with E-state index < -0.39 is 5.60 Å². The van der Waals surface area contributed by atoms with Crippen LogP contribution in [0.15, 0.2) is 34.7 Å². The average molecular weight is 358 g/mol. The average Bonchev–Trinajstić information content (AvgIpc) is 3.05. The Morgan fingerprint density at radius 3 is 2.88 bits per heavy atom. The molecule has 0 spiro atoms. The number of rotatable bonds is 6. The van der Waals surface area contributed by atoms with Crippen molar-refractivity contribution < 1.29 is 23.8 Å². The van der Waals surface area contributed by atoms with Gasteiger partial charge in [-0.05, 0) is 56.2 Å². The molecule has 0 saturated carbocycles. The Labute approximate surface area is 151 Å². The van der Waals surface area contributed by atoms with E-state index >= 15 is 0 Å². The Balaban J connectivity index is 1.50. The minimum absolute atomic E-state index is 0.00403. The molecule has 0 fully saturated rings. The third-order valence-corrected chi connectivity index (χ3v) is 4.24. The van der Waals surface area contributed by atoms with E-state index in [1.807, 2.05) is 6.07 Å². The summed E-state index contributed by atoms with van der Waals surface area (Å²) < 4.78 is 10.9. The van der Waals surface area contributed by atoms with Crippen LogP contribution in [0.4, 0.5) is 5.69 Å². The standard InChI is InChI=1S/C19H22N2O5/c1-12-3-7-16(26-12)19(2,24)11-20-18(23)10-25-14-5-6-15-13(9-14)4-8-17(22)21-15/h3,5-7,9,24H,4,8,10-11H2,1-2H3,(H,20,23)(H,21,22)/t19-/m0/s1. The first-order valence-corrected chi connectivity index (χ1v) is 8.45. The molecule has 138 valence electrons. The third-order valence-electron chi connectivity index (χ3n) is 4.24. The van der Waals surface area contributed by atoms with Crippen molar-refractivity contribution in [3.8, 4) is 5.75 Å². The fourth-order valence-corrected chi connectivity index (χ4v) is 2.73. The molecule has 2 amide bonds. The number of furan rings is 1. The Bertz CT molecular complexity index is 825. The molecule has 1 atom stereocenters. The molecule has 1 aromatic carbocycles. The van der Waals surface area contributed by atoms with Crippen LogP contribution in [0.1, 0.15) is 30.4 Å². The number of anilines is 1. The Morgan fingerprint density at radius 1 is 1.35 bits per heavy atom. The summed E-state index contributed by atoms with van der Waals surface area (Å²) in [5.41, 5.74) is 0.468. The zero-order valence-corrected chi connectivity index (χ0v) is 14.8. The molecule has 7 nitrogen and oxygen atoms in total. The maximum atomic E-state index is 12.0. The fraction of sp³-hybridized carbons (Fsp3) is 0.368. The van der Waals surface area contributed by atoms with Gasteiger partial charge in [0.05, 0.1) is 6.54 Å². The van der Waals surface area contributed by atoms with E-state index in [0.717, 1.165) is 11.3 Å². The highest BCUT2D eigenvalue weighted by atomic mass is 16.5. The maximum Gasteiger partial charge on any atom is 0.258 e. The number of amides is 2. The van der Waals surface area contributed by atoms with Crippen LogP contribution in [-0.4, -0.2) is 30.1 Å². The van der Waals surface area contributed by atoms with E-state index in [-0.39, 0.29) is 25.0 Å². The number of benzene rings is 1. The Hall–Kier alpha value is -2.80. The molecule has 1 aliphatic heterocycles. The number of ether oxygens (including phenoxy) is 1. The second-order valence-electron chi connectivity index (χ2n) is 6.62. The SMILES string of the molecule is Cc1ccc([C@@](C)(O)CNC(=O)COc2ccc3c(c2)CCC(=O)N3)o1. The lowest BCUT2D eigenvalue weighted by molar-refractivity contribution is -0.124. The Morgan fingerprint density at radius 2 is 2.15 bits per heavy atom. The van der Waals surface area contributed by atoms with Crippen molar-refractivity contribution in [2.45, 2.75) is 32.3 Å². The van der Waals surface area contributed by atoms with Crippen LogP contribution in [0.5, 0.6) is 5.75 Å². The molecule has 0 saturated heterocycles. The third kappa shape index (κ3) is 4.23. The molecule has 3 N–H and O–H groups in total. The van der Waals surface area contributed by atoms with E-state index in [0.29, 0.717) is 30.1 Å². The predicted octanol–water partition coefficient (Wildman–Crippen LogP) is 1.88. The lowest BCUT2D eigenvalue weighted by Gasteiger charge is -2.21. The number of aryl methyl sites for hydroxylation is 2. The van der Waals surface area contributed by atoms with Gasteiger partial charge in [0.25, 0.3) is 5.91 Å². The van der Waals surface area contributed by atoms with Gasteiger partial charge in [0.15, 0.2) is 6.61 Å². The van der Waals surface area contributed by atoms with Crippen LogP contribution in [0, 0.1) is 6.92 Å². The van der Waals surface area contributed by atoms with E-state index in [9.17, 15) is 14.7 Å². The van der Waals surface area contributed by atoms with Crippen molar-refractivity contribution in [2.75, 3.05) is 18.5 Å². The molecule has 2 heterocycles. The normalized spacial score (nSPS) is 15.6. The number of fused-ring (bicyclic) bond motifs is 1. The number of hydrogen-bond acceptors (Lipinski definition) is 5. The highest BCUT2D eigenvalue weighted by Crippen LogP contribution is 2.27. The van der Waals surface area contributed by atoms with Crippen LogP contribution in [0.25, 0.3) is 0 Å². The summed E-state index contributed by atoms with van der Waals surface area (Å²) >= 11 is 0. The van der Waals surface area contributed by atoms with Crippen molar-refractivity contribution in [3.05, 3.63) is 47.4 Å². The van der Waals surface area contributed by atoms with Gasteiger partial charge in [-0.2, -0.15) is 0 Å². The molecule has 0 bridgehead atoms. The maximum absolute atomic E-state index is 12.0. The first-order chi connectivity index (χ1) is 12.3. The predicted molar refractivity (Wildman–Crippen MR) is 94.9 cm³/mol. The van der Waals surface area contributed by atoms with E-state index in [2.05, 4.69) is 10.6 Å². The number of nitrogens with one attached hydrogen (secondary N) is 2. The van der Waals surface area contributed by atoms with Crippen LogP contribution in [0.3, 0.4) is 0 Å². The summed E-state index contributed by atoms with van der Waals surface area (Å²) in [7, 11) is 0. The van der Waals surface area contributed by atoms with Gasteiger partial charge in [-0.25, -0.2) is 0 Å². The van der Waals surface area contributed by atoms with Crippen molar-refractivity contribution >= 4 is 17.5 Å². The highest BCUT2D eigenvalue weighted by molar-refractivity contribution is 5.94. The lowest BCUT2D eigenvalue weighted by atomic mass is 10.0. The molecule has 0 unspecified atom stereocenters. The fourth-order valence-electron chi connectivity index (χ4n) is 2.73. The molecule has 2 aromatic rings. The number of hydrogen-bond donors (Lipinski definition) is 3. The van der Waals surface area contributed by atoms with Gasteiger partial charge in [-0.1, -0.05) is 0 Å². The summed E-state index contributed by atoms with van der Waals surface area (Å²) in [6.45, 7) is 3.21. The van der Waals surface area contributed by atoms with Crippen molar-refractivity contribution in [3.63, 3.8) is 0 Å². The molecule has 1 aliphatic rings. The van der Waals surface area contributed by atoms with Crippen molar-refractivity contribution in [2.24, 2.45) is 0 Å². The van der Waals surface area contributed by atoms with Gasteiger partial charge >= 0.3 is 0 Å². The highest BCUT2D eigenvalue weighted by Gasteiger charge is 2.27. The van der Waals surface area contributed by atoms with Gasteiger partial charge in [0.1, 0.15) is 22.9 Å². The van der Waals surface area contributed by atoms with Crippen LogP contribution in [-0.2, 0) is 21.6 Å². The number of aliphatic hydroxyl groups is 1. The largest absolute Gasteiger partial charge is 0.484 e. The summed E-state index contributed by atoms with van der Waals surface area (Å²) in [5, 5.41) is 15.8. The molecule has 3 rings (SSSR count). The first kappa shape index (κ1) is 18.0. The molecule has 7 heteroatoms. The van der Waals surface area contributed by atoms with Gasteiger partial charge in [0, 0.05) is 12.1 Å². The topological polar surface area (TPSA) is 101 Å². The van der Waals surface area contributed by atoms with Gasteiger partial charge in [-0.3, -0.25) is 9.59 Å². The van der Waals surface area contributed by atoms with E-state index in [1.165, 1.54) is 0 Å². The lowest BCUT2D eigenvalue weighted by Crippen LogP contribution is -2.40. The van der Waals surface area contributed by atoms with E-state index in [4.69, 9.17) is 9.15 Å². The molecule has 1 aromatic heterocycles. The Kier molecular flexibility index (Phi) is 4.99. The second-order valence-corrected chi connectivity index (χ2v) is 6.62. The smallest absolute Gasteiger partial charge is 0.258 e. The second kappa shape index (κ2) is 7.21. The quantitative estimate of drug-likeness (QED) is 0.732. The van der Waals surface area contributed by atoms with Gasteiger partial charge in [0.2, 0.25) is 5.91 Å². The van der Waals surface area contributed by atoms with Gasteiger partial charge < -0.3 is 24.9 Å². The van der Waals surface area contributed by atoms with Crippen LogP contribution in [0.2, 0.25) is 0 Å². The monoisotopic (exact) mass is 358 g/mol. The summed E-state index contributed by atoms with van der Waals surface area (Å²) in [6, 6.07) is 8.74. The van der Waals surface area contributed by atoms with Crippen LogP contribution >= 0.6 is 0 Å². The van der Waals surface area contributed by atoms with Gasteiger partial charge in [-0.15, -0.1) is 0 Å². The summed E-state index contributed by atoms with van der Waals surface area (Å²) in [4.78, 5) is 23.4. The minimum atomic E-state index is -1.30.